The number of H-pyrrole nitrogens is 1. The molecular formula is C24H17N3. The minimum Gasteiger partial charge on any atom is -0.277 e. The van der Waals surface area contributed by atoms with E-state index in [0.717, 1.165) is 38.7 Å². The van der Waals surface area contributed by atoms with Crippen molar-refractivity contribution in [3.63, 3.8) is 0 Å². The Bertz CT molecular complexity index is 1260. The average molecular weight is 347 g/mol. The van der Waals surface area contributed by atoms with E-state index in [2.05, 4.69) is 75.9 Å². The first-order valence-electron chi connectivity index (χ1n) is 8.93. The molecule has 0 unspecified atom stereocenters. The van der Waals surface area contributed by atoms with Crippen molar-refractivity contribution in [1.82, 2.24) is 15.2 Å². The number of rotatable bonds is 3. The van der Waals surface area contributed by atoms with Crippen molar-refractivity contribution >= 4 is 33.8 Å². The lowest BCUT2D eigenvalue weighted by Crippen LogP contribution is -1.84. The first-order valence-corrected chi connectivity index (χ1v) is 8.93. The van der Waals surface area contributed by atoms with Crippen LogP contribution in [-0.2, 0) is 0 Å². The maximum atomic E-state index is 4.48. The molecule has 1 N–H and O–H groups in total. The lowest BCUT2D eigenvalue weighted by molar-refractivity contribution is 1.11. The van der Waals surface area contributed by atoms with Gasteiger partial charge in [0.1, 0.15) is 0 Å². The summed E-state index contributed by atoms with van der Waals surface area (Å²) in [5.41, 5.74) is 5.39. The van der Waals surface area contributed by atoms with Gasteiger partial charge in [-0.1, -0.05) is 66.7 Å². The molecule has 2 aromatic heterocycles. The summed E-state index contributed by atoms with van der Waals surface area (Å²) in [6.07, 6.45) is 7.98. The highest BCUT2D eigenvalue weighted by atomic mass is 15.1. The smallest absolute Gasteiger partial charge is 0.0927 e. The lowest BCUT2D eigenvalue weighted by Gasteiger charge is -2.06. The normalized spacial score (nSPS) is 11.6. The highest BCUT2D eigenvalue weighted by molar-refractivity contribution is 5.99. The first-order chi connectivity index (χ1) is 13.4. The van der Waals surface area contributed by atoms with Gasteiger partial charge in [0.2, 0.25) is 0 Å². The predicted molar refractivity (Wildman–Crippen MR) is 112 cm³/mol. The van der Waals surface area contributed by atoms with E-state index in [1.807, 2.05) is 36.7 Å². The summed E-state index contributed by atoms with van der Waals surface area (Å²) in [6, 6.07) is 25.0. The number of aromatic amines is 1. The van der Waals surface area contributed by atoms with E-state index in [-0.39, 0.29) is 0 Å². The van der Waals surface area contributed by atoms with E-state index >= 15 is 0 Å². The summed E-state index contributed by atoms with van der Waals surface area (Å²) in [5.74, 6) is 0. The second-order valence-corrected chi connectivity index (χ2v) is 6.52. The number of hydrogen-bond acceptors (Lipinski definition) is 2. The maximum Gasteiger partial charge on any atom is 0.0927 e. The second kappa shape index (κ2) is 6.54. The van der Waals surface area contributed by atoms with Crippen molar-refractivity contribution in [2.75, 3.05) is 0 Å². The predicted octanol–water partition coefficient (Wildman–Crippen LogP) is 5.95. The molecule has 128 valence electrons. The van der Waals surface area contributed by atoms with Gasteiger partial charge in [0.25, 0.3) is 0 Å². The van der Waals surface area contributed by atoms with E-state index in [9.17, 15) is 0 Å². The molecule has 3 heteroatoms. The van der Waals surface area contributed by atoms with Crippen molar-refractivity contribution < 1.29 is 0 Å². The van der Waals surface area contributed by atoms with E-state index in [4.69, 9.17) is 0 Å². The molecule has 0 spiro atoms. The van der Waals surface area contributed by atoms with E-state index in [0.29, 0.717) is 0 Å². The number of nitrogens with zero attached hydrogens (tertiary/aromatic N) is 2. The van der Waals surface area contributed by atoms with Crippen LogP contribution in [0.5, 0.6) is 0 Å². The Morgan fingerprint density at radius 2 is 1.59 bits per heavy atom. The van der Waals surface area contributed by atoms with Crippen molar-refractivity contribution in [2.45, 2.75) is 0 Å². The summed E-state index contributed by atoms with van der Waals surface area (Å²) in [5, 5.41) is 11.1. The molecule has 5 rings (SSSR count). The Balaban J connectivity index is 1.62. The van der Waals surface area contributed by atoms with Crippen molar-refractivity contribution in [1.29, 1.82) is 0 Å². The Hall–Kier alpha value is -3.72. The molecule has 0 aliphatic rings. The number of hydrogen-bond donors (Lipinski definition) is 1. The fraction of sp³-hybridized carbons (Fsp3) is 0. The van der Waals surface area contributed by atoms with Gasteiger partial charge >= 0.3 is 0 Å². The van der Waals surface area contributed by atoms with Crippen LogP contribution >= 0.6 is 0 Å². The molecule has 0 saturated carbocycles. The quantitative estimate of drug-likeness (QED) is 0.438. The highest BCUT2D eigenvalue weighted by Crippen LogP contribution is 2.30. The molecule has 3 aromatic carbocycles. The average Bonchev–Trinajstić information content (AvgIpc) is 3.15. The van der Waals surface area contributed by atoms with Crippen molar-refractivity contribution in [3.8, 4) is 11.1 Å². The summed E-state index contributed by atoms with van der Waals surface area (Å²) < 4.78 is 0. The minimum absolute atomic E-state index is 0.934. The summed E-state index contributed by atoms with van der Waals surface area (Å²) in [7, 11) is 0. The maximum absolute atomic E-state index is 4.48. The standard InChI is InChI=1S/C24H17N3/c1-2-6-17(7-3-1)10-12-23-21-14-18(11-13-24(21)27-26-23)22-16-25-15-19-8-4-5-9-20(19)22/h1-16H,(H,26,27). The summed E-state index contributed by atoms with van der Waals surface area (Å²) in [4.78, 5) is 4.42. The number of nitrogens with one attached hydrogen (secondary N) is 1. The molecule has 0 radical (unpaired) electrons. The fourth-order valence-corrected chi connectivity index (χ4v) is 3.41. The fourth-order valence-electron chi connectivity index (χ4n) is 3.41. The zero-order chi connectivity index (χ0) is 18.1. The molecule has 27 heavy (non-hydrogen) atoms. The molecule has 0 atom stereocenters. The summed E-state index contributed by atoms with van der Waals surface area (Å²) >= 11 is 0. The third-order valence-corrected chi connectivity index (χ3v) is 4.80. The van der Waals surface area contributed by atoms with Crippen LogP contribution in [0, 0.1) is 0 Å². The molecule has 5 aromatic rings. The summed E-state index contributed by atoms with van der Waals surface area (Å²) in [6.45, 7) is 0. The number of pyridine rings is 1. The van der Waals surface area contributed by atoms with Crippen LogP contribution in [0.1, 0.15) is 11.3 Å². The minimum atomic E-state index is 0.934. The van der Waals surface area contributed by atoms with Crippen molar-refractivity contribution in [3.05, 3.63) is 96.4 Å². The van der Waals surface area contributed by atoms with Gasteiger partial charge in [0.05, 0.1) is 11.2 Å². The van der Waals surface area contributed by atoms with Crippen molar-refractivity contribution in [2.24, 2.45) is 0 Å². The zero-order valence-electron chi connectivity index (χ0n) is 14.6. The molecule has 0 fully saturated rings. The molecule has 0 amide bonds. The molecule has 0 aliphatic carbocycles. The monoisotopic (exact) mass is 347 g/mol. The van der Waals surface area contributed by atoms with E-state index in [1.165, 1.54) is 5.39 Å². The number of benzene rings is 3. The lowest BCUT2D eigenvalue weighted by atomic mass is 9.99. The topological polar surface area (TPSA) is 41.6 Å². The van der Waals surface area contributed by atoms with Crippen LogP contribution in [-0.4, -0.2) is 15.2 Å². The molecule has 0 bridgehead atoms. The van der Waals surface area contributed by atoms with Crippen LogP contribution < -0.4 is 0 Å². The van der Waals surface area contributed by atoms with Gasteiger partial charge < -0.3 is 0 Å². The van der Waals surface area contributed by atoms with Gasteiger partial charge in [-0.3, -0.25) is 10.1 Å². The number of fused-ring (bicyclic) bond motifs is 2. The Morgan fingerprint density at radius 1 is 0.741 bits per heavy atom. The zero-order valence-corrected chi connectivity index (χ0v) is 14.6. The molecule has 3 nitrogen and oxygen atoms in total. The van der Waals surface area contributed by atoms with Crippen LogP contribution in [0.2, 0.25) is 0 Å². The SMILES string of the molecule is C(=Cc1n[nH]c2ccc(-c3cncc4ccccc34)cc12)c1ccccc1. The first kappa shape index (κ1) is 15.5. The highest BCUT2D eigenvalue weighted by Gasteiger charge is 2.08. The molecule has 0 aliphatic heterocycles. The molecule has 2 heterocycles. The van der Waals surface area contributed by atoms with Crippen LogP contribution in [0.25, 0.3) is 45.0 Å². The number of aromatic nitrogens is 3. The van der Waals surface area contributed by atoms with E-state index < -0.39 is 0 Å². The van der Waals surface area contributed by atoms with Gasteiger partial charge in [-0.2, -0.15) is 5.10 Å². The van der Waals surface area contributed by atoms with Crippen LogP contribution in [0.3, 0.4) is 0 Å². The van der Waals surface area contributed by atoms with Crippen LogP contribution in [0.4, 0.5) is 0 Å². The third kappa shape index (κ3) is 2.89. The van der Waals surface area contributed by atoms with Gasteiger partial charge in [-0.05, 0) is 34.7 Å². The Kier molecular flexibility index (Phi) is 3.76. The van der Waals surface area contributed by atoms with Crippen LogP contribution in [0.15, 0.2) is 85.2 Å². The van der Waals surface area contributed by atoms with E-state index in [1.54, 1.807) is 0 Å². The molecular weight excluding hydrogens is 330 g/mol. The van der Waals surface area contributed by atoms with Gasteiger partial charge in [-0.25, -0.2) is 0 Å². The largest absolute Gasteiger partial charge is 0.277 e. The Labute approximate surface area is 157 Å². The van der Waals surface area contributed by atoms with Gasteiger partial charge in [-0.15, -0.1) is 0 Å². The Morgan fingerprint density at radius 3 is 2.52 bits per heavy atom. The molecule has 0 saturated heterocycles. The van der Waals surface area contributed by atoms with Gasteiger partial charge in [0.15, 0.2) is 0 Å². The van der Waals surface area contributed by atoms with Gasteiger partial charge in [0, 0.05) is 28.7 Å². The second-order valence-electron chi connectivity index (χ2n) is 6.52. The third-order valence-electron chi connectivity index (χ3n) is 4.80.